The molecule has 0 fully saturated rings. The first-order valence-electron chi connectivity index (χ1n) is 4.17. The van der Waals surface area contributed by atoms with E-state index < -0.39 is 0 Å². The zero-order valence-corrected chi connectivity index (χ0v) is 9.01. The third kappa shape index (κ3) is 3.73. The van der Waals surface area contributed by atoms with Crippen molar-refractivity contribution in [1.29, 1.82) is 0 Å². The molecule has 0 saturated heterocycles. The van der Waals surface area contributed by atoms with Crippen molar-refractivity contribution in [1.82, 2.24) is 25.5 Å². The SMILES string of the molecule is CSCC(C)NCc1nnn(C)n1. The standard InChI is InChI=1S/C7H15N5S/c1-6(5-13-3)8-4-7-9-11-12(2)10-7/h6,8H,4-5H2,1-3H3. The molecule has 0 spiro atoms. The Kier molecular flexibility index (Phi) is 4.17. The Hall–Kier alpha value is -0.620. The van der Waals surface area contributed by atoms with Gasteiger partial charge in [0.2, 0.25) is 0 Å². The highest BCUT2D eigenvalue weighted by Crippen LogP contribution is 1.96. The second kappa shape index (κ2) is 5.18. The zero-order chi connectivity index (χ0) is 9.68. The highest BCUT2D eigenvalue weighted by molar-refractivity contribution is 7.98. The number of thioether (sulfide) groups is 1. The van der Waals surface area contributed by atoms with Crippen LogP contribution >= 0.6 is 11.8 Å². The fraction of sp³-hybridized carbons (Fsp3) is 0.857. The van der Waals surface area contributed by atoms with Crippen LogP contribution < -0.4 is 5.32 Å². The van der Waals surface area contributed by atoms with Gasteiger partial charge in [-0.1, -0.05) is 0 Å². The summed E-state index contributed by atoms with van der Waals surface area (Å²) >= 11 is 1.83. The van der Waals surface area contributed by atoms with Gasteiger partial charge in [-0.2, -0.15) is 16.6 Å². The van der Waals surface area contributed by atoms with E-state index in [1.807, 2.05) is 11.8 Å². The third-order valence-corrected chi connectivity index (χ3v) is 2.41. The van der Waals surface area contributed by atoms with Crippen LogP contribution in [-0.2, 0) is 13.6 Å². The van der Waals surface area contributed by atoms with Crippen molar-refractivity contribution in [2.45, 2.75) is 19.5 Å². The Labute approximate surface area is 82.3 Å². The summed E-state index contributed by atoms with van der Waals surface area (Å²) < 4.78 is 0. The molecule has 1 aromatic heterocycles. The average molecular weight is 201 g/mol. The van der Waals surface area contributed by atoms with E-state index in [-0.39, 0.29) is 0 Å². The van der Waals surface area contributed by atoms with E-state index in [9.17, 15) is 0 Å². The van der Waals surface area contributed by atoms with Crippen molar-refractivity contribution in [2.75, 3.05) is 12.0 Å². The number of aryl methyl sites for hydroxylation is 1. The van der Waals surface area contributed by atoms with Gasteiger partial charge in [-0.25, -0.2) is 0 Å². The van der Waals surface area contributed by atoms with Crippen molar-refractivity contribution in [3.05, 3.63) is 5.82 Å². The van der Waals surface area contributed by atoms with E-state index in [2.05, 4.69) is 33.9 Å². The van der Waals surface area contributed by atoms with Crippen molar-refractivity contribution in [3.8, 4) is 0 Å². The molecule has 0 amide bonds. The van der Waals surface area contributed by atoms with E-state index >= 15 is 0 Å². The van der Waals surface area contributed by atoms with Gasteiger partial charge in [0.1, 0.15) is 0 Å². The van der Waals surface area contributed by atoms with Crippen LogP contribution in [0.5, 0.6) is 0 Å². The van der Waals surface area contributed by atoms with Crippen LogP contribution in [0.4, 0.5) is 0 Å². The molecule has 0 bridgehead atoms. The Morgan fingerprint density at radius 2 is 2.38 bits per heavy atom. The maximum absolute atomic E-state index is 4.07. The smallest absolute Gasteiger partial charge is 0.188 e. The number of aromatic nitrogens is 4. The number of nitrogens with one attached hydrogen (secondary N) is 1. The second-order valence-electron chi connectivity index (χ2n) is 2.93. The predicted octanol–water partition coefficient (Wildman–Crippen LogP) is 0.0512. The van der Waals surface area contributed by atoms with Crippen LogP contribution in [0.15, 0.2) is 0 Å². The molecule has 6 heteroatoms. The van der Waals surface area contributed by atoms with E-state index in [0.29, 0.717) is 12.6 Å². The zero-order valence-electron chi connectivity index (χ0n) is 8.19. The lowest BCUT2D eigenvalue weighted by atomic mass is 10.4. The molecule has 74 valence electrons. The van der Waals surface area contributed by atoms with E-state index in [0.717, 1.165) is 11.6 Å². The average Bonchev–Trinajstić information content (AvgIpc) is 2.49. The number of hydrogen-bond acceptors (Lipinski definition) is 5. The van der Waals surface area contributed by atoms with Gasteiger partial charge in [-0.3, -0.25) is 0 Å². The van der Waals surface area contributed by atoms with Crippen molar-refractivity contribution in [3.63, 3.8) is 0 Å². The van der Waals surface area contributed by atoms with Gasteiger partial charge in [0.05, 0.1) is 13.6 Å². The molecule has 0 aliphatic rings. The Morgan fingerprint density at radius 1 is 1.62 bits per heavy atom. The summed E-state index contributed by atoms with van der Waals surface area (Å²) in [6.07, 6.45) is 2.10. The minimum atomic E-state index is 0.485. The lowest BCUT2D eigenvalue weighted by Crippen LogP contribution is -2.28. The molecular formula is C7H15N5S. The lowest BCUT2D eigenvalue weighted by molar-refractivity contribution is 0.574. The van der Waals surface area contributed by atoms with Gasteiger partial charge in [0, 0.05) is 11.8 Å². The van der Waals surface area contributed by atoms with Crippen molar-refractivity contribution >= 4 is 11.8 Å². The van der Waals surface area contributed by atoms with Gasteiger partial charge in [-0.05, 0) is 18.4 Å². The lowest BCUT2D eigenvalue weighted by Gasteiger charge is -2.09. The highest BCUT2D eigenvalue weighted by atomic mass is 32.2. The van der Waals surface area contributed by atoms with E-state index in [1.54, 1.807) is 7.05 Å². The molecule has 1 unspecified atom stereocenters. The first kappa shape index (κ1) is 10.5. The fourth-order valence-corrected chi connectivity index (χ4v) is 1.59. The number of tetrazole rings is 1. The van der Waals surface area contributed by atoms with Gasteiger partial charge >= 0.3 is 0 Å². The maximum Gasteiger partial charge on any atom is 0.188 e. The first-order chi connectivity index (χ1) is 6.22. The maximum atomic E-state index is 4.07. The normalized spacial score (nSPS) is 13.2. The summed E-state index contributed by atoms with van der Waals surface area (Å²) in [5, 5.41) is 15.0. The molecule has 0 radical (unpaired) electrons. The molecular weight excluding hydrogens is 186 g/mol. The molecule has 1 aromatic rings. The molecule has 1 N–H and O–H groups in total. The van der Waals surface area contributed by atoms with Crippen molar-refractivity contribution in [2.24, 2.45) is 7.05 Å². The molecule has 5 nitrogen and oxygen atoms in total. The minimum absolute atomic E-state index is 0.485. The molecule has 0 saturated carbocycles. The third-order valence-electron chi connectivity index (χ3n) is 1.58. The Balaban J connectivity index is 2.26. The van der Waals surface area contributed by atoms with Crippen LogP contribution in [0.2, 0.25) is 0 Å². The Morgan fingerprint density at radius 3 is 2.92 bits per heavy atom. The summed E-state index contributed by atoms with van der Waals surface area (Å²) in [5.41, 5.74) is 0. The minimum Gasteiger partial charge on any atom is -0.306 e. The molecule has 1 atom stereocenters. The second-order valence-corrected chi connectivity index (χ2v) is 3.84. The number of hydrogen-bond donors (Lipinski definition) is 1. The topological polar surface area (TPSA) is 55.6 Å². The van der Waals surface area contributed by atoms with Crippen LogP contribution in [-0.4, -0.2) is 38.3 Å². The van der Waals surface area contributed by atoms with Gasteiger partial charge in [0.25, 0.3) is 0 Å². The molecule has 0 aliphatic carbocycles. The van der Waals surface area contributed by atoms with Crippen molar-refractivity contribution < 1.29 is 0 Å². The largest absolute Gasteiger partial charge is 0.306 e. The molecule has 0 aromatic carbocycles. The van der Waals surface area contributed by atoms with E-state index in [4.69, 9.17) is 0 Å². The number of rotatable bonds is 5. The molecule has 1 rings (SSSR count). The quantitative estimate of drug-likeness (QED) is 0.729. The van der Waals surface area contributed by atoms with E-state index in [1.165, 1.54) is 4.80 Å². The van der Waals surface area contributed by atoms with Crippen LogP contribution in [0, 0.1) is 0 Å². The number of nitrogens with zero attached hydrogens (tertiary/aromatic N) is 4. The summed E-state index contributed by atoms with van der Waals surface area (Å²) in [6.45, 7) is 2.84. The summed E-state index contributed by atoms with van der Waals surface area (Å²) in [4.78, 5) is 1.47. The Bertz CT molecular complexity index is 249. The molecule has 1 heterocycles. The summed E-state index contributed by atoms with van der Waals surface area (Å²) in [7, 11) is 1.77. The first-order valence-corrected chi connectivity index (χ1v) is 5.57. The fourth-order valence-electron chi connectivity index (χ4n) is 0.969. The predicted molar refractivity (Wildman–Crippen MR) is 53.5 cm³/mol. The van der Waals surface area contributed by atoms with Crippen LogP contribution in [0.25, 0.3) is 0 Å². The summed E-state index contributed by atoms with van der Waals surface area (Å²) in [6, 6.07) is 0.485. The van der Waals surface area contributed by atoms with Crippen LogP contribution in [0.3, 0.4) is 0 Å². The molecule has 0 aliphatic heterocycles. The highest BCUT2D eigenvalue weighted by Gasteiger charge is 2.03. The van der Waals surface area contributed by atoms with Crippen LogP contribution in [0.1, 0.15) is 12.7 Å². The molecule has 13 heavy (non-hydrogen) atoms. The monoisotopic (exact) mass is 201 g/mol. The van der Waals surface area contributed by atoms with Gasteiger partial charge in [0.15, 0.2) is 5.82 Å². The van der Waals surface area contributed by atoms with Gasteiger partial charge < -0.3 is 5.32 Å². The van der Waals surface area contributed by atoms with Gasteiger partial charge in [-0.15, -0.1) is 10.2 Å². The summed E-state index contributed by atoms with van der Waals surface area (Å²) in [5.74, 6) is 1.84.